The average molecular weight is 250 g/mol. The molecule has 2 aromatic heterocycles. The first-order chi connectivity index (χ1) is 8.42. The van der Waals surface area contributed by atoms with Crippen molar-refractivity contribution in [3.8, 4) is 0 Å². The SMILES string of the molecule is c1csc(Cc2noc(C3CCCCO3)n2)c1. The molecule has 90 valence electrons. The molecule has 1 atom stereocenters. The van der Waals surface area contributed by atoms with Crippen molar-refractivity contribution >= 4 is 11.3 Å². The van der Waals surface area contributed by atoms with Crippen LogP contribution in [0.1, 0.15) is 42.0 Å². The Morgan fingerprint density at radius 1 is 1.41 bits per heavy atom. The zero-order valence-corrected chi connectivity index (χ0v) is 10.3. The summed E-state index contributed by atoms with van der Waals surface area (Å²) in [5, 5.41) is 6.06. The molecule has 1 saturated heterocycles. The van der Waals surface area contributed by atoms with E-state index < -0.39 is 0 Å². The molecular formula is C12H14N2O2S. The molecule has 3 rings (SSSR count). The van der Waals surface area contributed by atoms with Gasteiger partial charge in [0.15, 0.2) is 5.82 Å². The molecule has 4 nitrogen and oxygen atoms in total. The summed E-state index contributed by atoms with van der Waals surface area (Å²) in [5.41, 5.74) is 0. The third-order valence-electron chi connectivity index (χ3n) is 2.85. The van der Waals surface area contributed by atoms with Crippen LogP contribution in [0.15, 0.2) is 22.0 Å². The summed E-state index contributed by atoms with van der Waals surface area (Å²) in [6.45, 7) is 0.799. The Bertz CT molecular complexity index is 461. The third kappa shape index (κ3) is 2.56. The minimum Gasteiger partial charge on any atom is -0.368 e. The zero-order valence-electron chi connectivity index (χ0n) is 9.46. The minimum atomic E-state index is 0.00772. The quantitative estimate of drug-likeness (QED) is 0.840. The normalized spacial score (nSPS) is 20.6. The number of thiophene rings is 1. The van der Waals surface area contributed by atoms with Gasteiger partial charge < -0.3 is 9.26 Å². The van der Waals surface area contributed by atoms with Crippen molar-refractivity contribution < 1.29 is 9.26 Å². The van der Waals surface area contributed by atoms with Crippen LogP contribution in [0.2, 0.25) is 0 Å². The number of rotatable bonds is 3. The molecule has 0 aliphatic carbocycles. The van der Waals surface area contributed by atoms with Crippen LogP contribution in [0.5, 0.6) is 0 Å². The monoisotopic (exact) mass is 250 g/mol. The maximum Gasteiger partial charge on any atom is 0.255 e. The molecular weight excluding hydrogens is 236 g/mol. The number of nitrogens with zero attached hydrogens (tertiary/aromatic N) is 2. The highest BCUT2D eigenvalue weighted by Gasteiger charge is 2.22. The fourth-order valence-corrected chi connectivity index (χ4v) is 2.68. The highest BCUT2D eigenvalue weighted by molar-refractivity contribution is 7.09. The van der Waals surface area contributed by atoms with Crippen LogP contribution < -0.4 is 0 Å². The first-order valence-corrected chi connectivity index (χ1v) is 6.76. The van der Waals surface area contributed by atoms with Crippen molar-refractivity contribution in [2.45, 2.75) is 31.8 Å². The Hall–Kier alpha value is -1.20. The second-order valence-corrected chi connectivity index (χ2v) is 5.19. The molecule has 0 spiro atoms. The Morgan fingerprint density at radius 3 is 3.18 bits per heavy atom. The molecule has 1 unspecified atom stereocenters. The van der Waals surface area contributed by atoms with Crippen molar-refractivity contribution in [1.29, 1.82) is 0 Å². The van der Waals surface area contributed by atoms with E-state index in [1.807, 2.05) is 6.07 Å². The van der Waals surface area contributed by atoms with Gasteiger partial charge in [-0.3, -0.25) is 0 Å². The Kier molecular flexibility index (Phi) is 3.20. The predicted molar refractivity (Wildman–Crippen MR) is 64.0 cm³/mol. The van der Waals surface area contributed by atoms with Gasteiger partial charge in [0, 0.05) is 17.9 Å². The Morgan fingerprint density at radius 2 is 2.41 bits per heavy atom. The van der Waals surface area contributed by atoms with Crippen LogP contribution in [0.25, 0.3) is 0 Å². The van der Waals surface area contributed by atoms with Crippen LogP contribution >= 0.6 is 11.3 Å². The number of hydrogen-bond acceptors (Lipinski definition) is 5. The van der Waals surface area contributed by atoms with E-state index in [9.17, 15) is 0 Å². The lowest BCUT2D eigenvalue weighted by atomic mass is 10.1. The Labute approximate surface area is 104 Å². The maximum atomic E-state index is 5.62. The van der Waals surface area contributed by atoms with Gasteiger partial charge in [-0.1, -0.05) is 11.2 Å². The largest absolute Gasteiger partial charge is 0.368 e. The van der Waals surface area contributed by atoms with Gasteiger partial charge in [-0.2, -0.15) is 4.98 Å². The van der Waals surface area contributed by atoms with Gasteiger partial charge >= 0.3 is 0 Å². The van der Waals surface area contributed by atoms with Gasteiger partial charge in [0.2, 0.25) is 0 Å². The van der Waals surface area contributed by atoms with Gasteiger partial charge in [-0.05, 0) is 30.7 Å². The van der Waals surface area contributed by atoms with Gasteiger partial charge in [-0.25, -0.2) is 0 Å². The fourth-order valence-electron chi connectivity index (χ4n) is 1.97. The topological polar surface area (TPSA) is 48.2 Å². The van der Waals surface area contributed by atoms with Gasteiger partial charge in [0.25, 0.3) is 5.89 Å². The van der Waals surface area contributed by atoms with Gasteiger partial charge in [-0.15, -0.1) is 11.3 Å². The molecule has 0 radical (unpaired) electrons. The number of hydrogen-bond donors (Lipinski definition) is 0. The van der Waals surface area contributed by atoms with Crippen LogP contribution in [0, 0.1) is 0 Å². The molecule has 0 N–H and O–H groups in total. The van der Waals surface area contributed by atoms with Gasteiger partial charge in [0.1, 0.15) is 6.10 Å². The second-order valence-electron chi connectivity index (χ2n) is 4.16. The van der Waals surface area contributed by atoms with Crippen LogP contribution in [-0.2, 0) is 11.2 Å². The van der Waals surface area contributed by atoms with Crippen molar-refractivity contribution in [2.75, 3.05) is 6.61 Å². The van der Waals surface area contributed by atoms with Crippen molar-refractivity contribution in [2.24, 2.45) is 0 Å². The van der Waals surface area contributed by atoms with E-state index in [1.54, 1.807) is 11.3 Å². The lowest BCUT2D eigenvalue weighted by Crippen LogP contribution is -2.11. The summed E-state index contributed by atoms with van der Waals surface area (Å²) >= 11 is 1.71. The summed E-state index contributed by atoms with van der Waals surface area (Å²) in [7, 11) is 0. The van der Waals surface area contributed by atoms with E-state index in [1.165, 1.54) is 11.3 Å². The molecule has 0 aromatic carbocycles. The molecule has 0 bridgehead atoms. The molecule has 1 fully saturated rings. The van der Waals surface area contributed by atoms with Crippen molar-refractivity contribution in [1.82, 2.24) is 10.1 Å². The van der Waals surface area contributed by atoms with Crippen molar-refractivity contribution in [3.05, 3.63) is 34.1 Å². The number of ether oxygens (including phenoxy) is 1. The van der Waals surface area contributed by atoms with E-state index in [2.05, 4.69) is 21.6 Å². The van der Waals surface area contributed by atoms with E-state index in [0.717, 1.165) is 31.7 Å². The molecule has 3 heterocycles. The smallest absolute Gasteiger partial charge is 0.255 e. The first-order valence-electron chi connectivity index (χ1n) is 5.88. The lowest BCUT2D eigenvalue weighted by molar-refractivity contribution is -0.00459. The summed E-state index contributed by atoms with van der Waals surface area (Å²) < 4.78 is 10.9. The molecule has 0 saturated carbocycles. The van der Waals surface area contributed by atoms with Crippen LogP contribution in [0.3, 0.4) is 0 Å². The van der Waals surface area contributed by atoms with E-state index in [0.29, 0.717) is 5.89 Å². The van der Waals surface area contributed by atoms with E-state index >= 15 is 0 Å². The summed E-state index contributed by atoms with van der Waals surface area (Å²) in [6.07, 6.45) is 4.04. The maximum absolute atomic E-state index is 5.62. The third-order valence-corrected chi connectivity index (χ3v) is 3.73. The predicted octanol–water partition coefficient (Wildman–Crippen LogP) is 2.96. The zero-order chi connectivity index (χ0) is 11.5. The average Bonchev–Trinajstić information content (AvgIpc) is 3.02. The molecule has 0 amide bonds. The number of aromatic nitrogens is 2. The van der Waals surface area contributed by atoms with Crippen LogP contribution in [0.4, 0.5) is 0 Å². The molecule has 17 heavy (non-hydrogen) atoms. The summed E-state index contributed by atoms with van der Waals surface area (Å²) in [5.74, 6) is 1.38. The summed E-state index contributed by atoms with van der Waals surface area (Å²) in [4.78, 5) is 5.66. The highest BCUT2D eigenvalue weighted by Crippen LogP contribution is 2.26. The van der Waals surface area contributed by atoms with E-state index in [4.69, 9.17) is 9.26 Å². The highest BCUT2D eigenvalue weighted by atomic mass is 32.1. The first kappa shape index (κ1) is 10.9. The molecule has 5 heteroatoms. The van der Waals surface area contributed by atoms with Gasteiger partial charge in [0.05, 0.1) is 0 Å². The lowest BCUT2D eigenvalue weighted by Gasteiger charge is -2.18. The standard InChI is InChI=1S/C12H14N2O2S/c1-2-6-15-10(5-1)12-13-11(14-16-12)8-9-4-3-7-17-9/h3-4,7,10H,1-2,5-6,8H2. The fraction of sp³-hybridized carbons (Fsp3) is 0.500. The molecule has 1 aliphatic heterocycles. The molecule has 1 aliphatic rings. The van der Waals surface area contributed by atoms with Crippen LogP contribution in [-0.4, -0.2) is 16.7 Å². The minimum absolute atomic E-state index is 0.00772. The summed E-state index contributed by atoms with van der Waals surface area (Å²) in [6, 6.07) is 4.11. The molecule has 2 aromatic rings. The second kappa shape index (κ2) is 4.98. The Balaban J connectivity index is 1.69. The van der Waals surface area contributed by atoms with Crippen molar-refractivity contribution in [3.63, 3.8) is 0 Å². The van der Waals surface area contributed by atoms with E-state index in [-0.39, 0.29) is 6.10 Å².